The highest BCUT2D eigenvalue weighted by Crippen LogP contribution is 2.39. The second-order valence-corrected chi connectivity index (χ2v) is 3.59. The van der Waals surface area contributed by atoms with Gasteiger partial charge in [-0.25, -0.2) is 8.78 Å². The standard InChI is InChI=1S/C10H6F7NO/c1-3(2)18-19-9-7(13)5(11)4(10(15,16)17)6(12)8(9)14/h1-2H3. The summed E-state index contributed by atoms with van der Waals surface area (Å²) in [5.41, 5.74) is -2.54. The molecule has 0 aliphatic heterocycles. The largest absolute Gasteiger partial charge is 0.422 e. The molecule has 0 unspecified atom stereocenters. The van der Waals surface area contributed by atoms with E-state index >= 15 is 0 Å². The molecule has 0 aliphatic rings. The van der Waals surface area contributed by atoms with Crippen molar-refractivity contribution in [2.45, 2.75) is 20.0 Å². The Morgan fingerprint density at radius 1 is 0.895 bits per heavy atom. The third kappa shape index (κ3) is 2.96. The Morgan fingerprint density at radius 2 is 1.32 bits per heavy atom. The highest BCUT2D eigenvalue weighted by atomic mass is 19.4. The summed E-state index contributed by atoms with van der Waals surface area (Å²) in [6.07, 6.45) is -5.59. The predicted octanol–water partition coefficient (Wildman–Crippen LogP) is 4.04. The number of alkyl halides is 3. The van der Waals surface area contributed by atoms with Crippen LogP contribution in [-0.2, 0) is 6.18 Å². The van der Waals surface area contributed by atoms with Crippen molar-refractivity contribution in [1.82, 2.24) is 0 Å². The van der Waals surface area contributed by atoms with Gasteiger partial charge in [-0.1, -0.05) is 5.16 Å². The minimum atomic E-state index is -5.59. The van der Waals surface area contributed by atoms with Gasteiger partial charge in [-0.2, -0.15) is 22.0 Å². The first-order valence-corrected chi connectivity index (χ1v) is 4.68. The molecule has 0 atom stereocenters. The third-order valence-corrected chi connectivity index (χ3v) is 1.83. The highest BCUT2D eigenvalue weighted by molar-refractivity contribution is 5.78. The van der Waals surface area contributed by atoms with Crippen molar-refractivity contribution in [1.29, 1.82) is 0 Å². The van der Waals surface area contributed by atoms with Crippen molar-refractivity contribution < 1.29 is 35.6 Å². The van der Waals surface area contributed by atoms with E-state index in [1.165, 1.54) is 13.8 Å². The molecule has 0 N–H and O–H groups in total. The van der Waals surface area contributed by atoms with Gasteiger partial charge in [0, 0.05) is 0 Å². The SMILES string of the molecule is CC(C)=NOc1c(F)c(F)c(C(F)(F)F)c(F)c1F. The number of benzene rings is 1. The number of hydrogen-bond donors (Lipinski definition) is 0. The van der Waals surface area contributed by atoms with Gasteiger partial charge in [-0.3, -0.25) is 0 Å². The van der Waals surface area contributed by atoms with Crippen LogP contribution in [0.15, 0.2) is 5.16 Å². The Morgan fingerprint density at radius 3 is 1.63 bits per heavy atom. The van der Waals surface area contributed by atoms with E-state index in [1.807, 2.05) is 0 Å². The molecule has 106 valence electrons. The topological polar surface area (TPSA) is 21.6 Å². The molecule has 9 heteroatoms. The van der Waals surface area contributed by atoms with Crippen LogP contribution in [0.3, 0.4) is 0 Å². The Bertz CT molecular complexity index is 503. The van der Waals surface area contributed by atoms with E-state index in [1.54, 1.807) is 0 Å². The lowest BCUT2D eigenvalue weighted by atomic mass is 10.1. The summed E-state index contributed by atoms with van der Waals surface area (Å²) in [6.45, 7) is 2.65. The molecule has 0 saturated heterocycles. The Balaban J connectivity index is 3.52. The lowest BCUT2D eigenvalue weighted by Crippen LogP contribution is -2.15. The van der Waals surface area contributed by atoms with Gasteiger partial charge in [-0.05, 0) is 13.8 Å². The van der Waals surface area contributed by atoms with Crippen LogP contribution in [-0.4, -0.2) is 5.71 Å². The molecule has 0 amide bonds. The Labute approximate surface area is 102 Å². The first-order valence-electron chi connectivity index (χ1n) is 4.68. The normalized spacial score (nSPS) is 11.4. The van der Waals surface area contributed by atoms with Crippen molar-refractivity contribution in [3.63, 3.8) is 0 Å². The quantitative estimate of drug-likeness (QED) is 0.348. The average Bonchev–Trinajstić information content (AvgIpc) is 2.24. The third-order valence-electron chi connectivity index (χ3n) is 1.83. The Kier molecular flexibility index (Phi) is 4.06. The molecule has 0 heterocycles. The maximum absolute atomic E-state index is 13.2. The van der Waals surface area contributed by atoms with Crippen LogP contribution in [0, 0.1) is 23.3 Å². The monoisotopic (exact) mass is 289 g/mol. The molecule has 0 radical (unpaired) electrons. The molecule has 2 nitrogen and oxygen atoms in total. The number of hydrogen-bond acceptors (Lipinski definition) is 2. The van der Waals surface area contributed by atoms with Crippen molar-refractivity contribution in [2.24, 2.45) is 5.16 Å². The molecule has 0 aromatic heterocycles. The molecule has 0 saturated carbocycles. The molecule has 1 rings (SSSR count). The summed E-state index contributed by atoms with van der Waals surface area (Å²) in [5.74, 6) is -11.5. The first-order chi connectivity index (χ1) is 8.57. The summed E-state index contributed by atoms with van der Waals surface area (Å²) >= 11 is 0. The number of nitrogens with zero attached hydrogens (tertiary/aromatic N) is 1. The van der Waals surface area contributed by atoms with Crippen LogP contribution < -0.4 is 4.84 Å². The minimum absolute atomic E-state index is 0.125. The van der Waals surface area contributed by atoms with Crippen molar-refractivity contribution >= 4 is 5.71 Å². The Hall–Kier alpha value is -1.80. The van der Waals surface area contributed by atoms with Gasteiger partial charge in [0.05, 0.1) is 5.71 Å². The summed E-state index contributed by atoms with van der Waals surface area (Å²) in [5, 5.41) is 3.01. The number of oxime groups is 1. The fraction of sp³-hybridized carbons (Fsp3) is 0.300. The predicted molar refractivity (Wildman–Crippen MR) is 50.7 cm³/mol. The van der Waals surface area contributed by atoms with Crippen LogP contribution in [0.4, 0.5) is 30.7 Å². The summed E-state index contributed by atoms with van der Waals surface area (Å²) in [6, 6.07) is 0. The van der Waals surface area contributed by atoms with Crippen LogP contribution in [0.5, 0.6) is 5.75 Å². The van der Waals surface area contributed by atoms with Crippen LogP contribution in [0.25, 0.3) is 0 Å². The van der Waals surface area contributed by atoms with Crippen molar-refractivity contribution in [2.75, 3.05) is 0 Å². The van der Waals surface area contributed by atoms with E-state index in [0.29, 0.717) is 0 Å². The van der Waals surface area contributed by atoms with Gasteiger partial charge in [0.2, 0.25) is 17.4 Å². The van der Waals surface area contributed by atoms with E-state index in [0.717, 1.165) is 0 Å². The minimum Gasteiger partial charge on any atom is -0.351 e. The van der Waals surface area contributed by atoms with E-state index in [4.69, 9.17) is 0 Å². The molecule has 0 aliphatic carbocycles. The molecule has 1 aromatic rings. The molecule has 0 bridgehead atoms. The second-order valence-electron chi connectivity index (χ2n) is 3.59. The molecule has 0 spiro atoms. The molecule has 1 aromatic carbocycles. The van der Waals surface area contributed by atoms with Crippen molar-refractivity contribution in [3.05, 3.63) is 28.8 Å². The zero-order valence-electron chi connectivity index (χ0n) is 9.50. The fourth-order valence-electron chi connectivity index (χ4n) is 1.08. The number of rotatable bonds is 2. The van der Waals surface area contributed by atoms with Gasteiger partial charge >= 0.3 is 6.18 Å². The van der Waals surface area contributed by atoms with Crippen LogP contribution in [0.2, 0.25) is 0 Å². The smallest absolute Gasteiger partial charge is 0.351 e. The second kappa shape index (κ2) is 5.06. The van der Waals surface area contributed by atoms with E-state index < -0.39 is 40.8 Å². The van der Waals surface area contributed by atoms with Gasteiger partial charge in [0.15, 0.2) is 11.6 Å². The zero-order chi connectivity index (χ0) is 15.0. The van der Waals surface area contributed by atoms with E-state index in [9.17, 15) is 30.7 Å². The first kappa shape index (κ1) is 15.3. The number of halogens is 7. The highest BCUT2D eigenvalue weighted by Gasteiger charge is 2.43. The van der Waals surface area contributed by atoms with Crippen LogP contribution in [0.1, 0.15) is 19.4 Å². The van der Waals surface area contributed by atoms with Crippen LogP contribution >= 0.6 is 0 Å². The molecule has 0 fully saturated rings. The summed E-state index contributed by atoms with van der Waals surface area (Å²) in [7, 11) is 0. The van der Waals surface area contributed by atoms with Crippen molar-refractivity contribution in [3.8, 4) is 5.75 Å². The summed E-state index contributed by atoms with van der Waals surface area (Å²) in [4.78, 5) is 4.05. The lowest BCUT2D eigenvalue weighted by molar-refractivity contribution is -0.143. The lowest BCUT2D eigenvalue weighted by Gasteiger charge is -2.12. The van der Waals surface area contributed by atoms with Gasteiger partial charge < -0.3 is 4.84 Å². The molecular formula is C10H6F7NO. The maximum atomic E-state index is 13.2. The van der Waals surface area contributed by atoms with Gasteiger partial charge in [-0.15, -0.1) is 0 Å². The fourth-order valence-corrected chi connectivity index (χ4v) is 1.08. The summed E-state index contributed by atoms with van der Waals surface area (Å²) < 4.78 is 89.3. The maximum Gasteiger partial charge on any atom is 0.422 e. The van der Waals surface area contributed by atoms with Gasteiger partial charge in [0.1, 0.15) is 5.56 Å². The zero-order valence-corrected chi connectivity index (χ0v) is 9.50. The van der Waals surface area contributed by atoms with E-state index in [2.05, 4.69) is 9.99 Å². The van der Waals surface area contributed by atoms with Gasteiger partial charge in [0.25, 0.3) is 0 Å². The molecular weight excluding hydrogens is 283 g/mol. The van der Waals surface area contributed by atoms with E-state index in [-0.39, 0.29) is 5.71 Å². The molecule has 19 heavy (non-hydrogen) atoms. The average molecular weight is 289 g/mol.